The summed E-state index contributed by atoms with van der Waals surface area (Å²) >= 11 is 6.10. The molecular formula is C22H28ClNO3. The highest BCUT2D eigenvalue weighted by Gasteiger charge is 2.09. The number of aryl methyl sites for hydroxylation is 2. The van der Waals surface area contributed by atoms with E-state index in [0.29, 0.717) is 36.8 Å². The number of amides is 1. The fraction of sp³-hybridized carbons (Fsp3) is 0.409. The van der Waals surface area contributed by atoms with Crippen molar-refractivity contribution in [3.05, 3.63) is 52.5 Å². The van der Waals surface area contributed by atoms with Gasteiger partial charge in [0.05, 0.1) is 13.2 Å². The number of nitrogens with one attached hydrogen (secondary N) is 1. The lowest BCUT2D eigenvalue weighted by molar-refractivity contribution is -0.116. The van der Waals surface area contributed by atoms with Crippen molar-refractivity contribution in [2.75, 3.05) is 18.5 Å². The molecule has 0 fully saturated rings. The lowest BCUT2D eigenvalue weighted by Gasteiger charge is -2.13. The van der Waals surface area contributed by atoms with Crippen LogP contribution in [0, 0.1) is 6.92 Å². The zero-order valence-electron chi connectivity index (χ0n) is 16.3. The molecule has 146 valence electrons. The summed E-state index contributed by atoms with van der Waals surface area (Å²) in [6, 6.07) is 11.4. The van der Waals surface area contributed by atoms with Gasteiger partial charge < -0.3 is 14.8 Å². The highest BCUT2D eigenvalue weighted by molar-refractivity contribution is 6.31. The zero-order chi connectivity index (χ0) is 19.6. The molecule has 0 aliphatic heterocycles. The van der Waals surface area contributed by atoms with Crippen LogP contribution in [0.4, 0.5) is 5.69 Å². The van der Waals surface area contributed by atoms with Gasteiger partial charge in [-0.25, -0.2) is 0 Å². The second-order valence-electron chi connectivity index (χ2n) is 6.43. The highest BCUT2D eigenvalue weighted by atomic mass is 35.5. The molecule has 0 radical (unpaired) electrons. The smallest absolute Gasteiger partial charge is 0.224 e. The Hall–Kier alpha value is -2.20. The molecule has 1 amide bonds. The fourth-order valence-electron chi connectivity index (χ4n) is 2.57. The van der Waals surface area contributed by atoms with Crippen LogP contribution in [0.15, 0.2) is 36.4 Å². The monoisotopic (exact) mass is 389 g/mol. The fourth-order valence-corrected chi connectivity index (χ4v) is 2.75. The van der Waals surface area contributed by atoms with Crippen LogP contribution in [-0.4, -0.2) is 19.1 Å². The van der Waals surface area contributed by atoms with Crippen LogP contribution in [-0.2, 0) is 11.2 Å². The van der Waals surface area contributed by atoms with Crippen LogP contribution >= 0.6 is 11.6 Å². The van der Waals surface area contributed by atoms with E-state index in [2.05, 4.69) is 12.2 Å². The summed E-state index contributed by atoms with van der Waals surface area (Å²) in [7, 11) is 0. The number of anilines is 1. The second kappa shape index (κ2) is 10.8. The van der Waals surface area contributed by atoms with Crippen molar-refractivity contribution in [3.8, 4) is 11.5 Å². The molecule has 0 heterocycles. The largest absolute Gasteiger partial charge is 0.490 e. The first-order valence-corrected chi connectivity index (χ1v) is 9.85. The van der Waals surface area contributed by atoms with Gasteiger partial charge in [-0.3, -0.25) is 4.79 Å². The van der Waals surface area contributed by atoms with Gasteiger partial charge in [0.1, 0.15) is 0 Å². The summed E-state index contributed by atoms with van der Waals surface area (Å²) in [5, 5.41) is 3.53. The molecule has 0 saturated heterocycles. The number of benzene rings is 2. The van der Waals surface area contributed by atoms with Gasteiger partial charge in [0.15, 0.2) is 11.5 Å². The van der Waals surface area contributed by atoms with Crippen molar-refractivity contribution in [2.24, 2.45) is 0 Å². The molecule has 1 N–H and O–H groups in total. The molecular weight excluding hydrogens is 362 g/mol. The van der Waals surface area contributed by atoms with Crippen LogP contribution in [0.1, 0.15) is 44.2 Å². The Bertz CT molecular complexity index is 761. The Morgan fingerprint density at radius 1 is 1.07 bits per heavy atom. The van der Waals surface area contributed by atoms with Gasteiger partial charge in [-0.15, -0.1) is 0 Å². The molecule has 27 heavy (non-hydrogen) atoms. The molecule has 0 spiro atoms. The summed E-state index contributed by atoms with van der Waals surface area (Å²) in [5.74, 6) is 1.45. The molecule has 0 aliphatic carbocycles. The molecule has 0 aromatic heterocycles. The average molecular weight is 390 g/mol. The molecule has 4 nitrogen and oxygen atoms in total. The van der Waals surface area contributed by atoms with Gasteiger partial charge in [0, 0.05) is 17.1 Å². The van der Waals surface area contributed by atoms with Gasteiger partial charge in [-0.1, -0.05) is 37.1 Å². The molecule has 5 heteroatoms. The zero-order valence-corrected chi connectivity index (χ0v) is 17.1. The molecule has 0 atom stereocenters. The Morgan fingerprint density at radius 2 is 1.89 bits per heavy atom. The summed E-state index contributed by atoms with van der Waals surface area (Å²) < 4.78 is 11.5. The van der Waals surface area contributed by atoms with Gasteiger partial charge >= 0.3 is 0 Å². The Labute approximate surface area is 166 Å². The van der Waals surface area contributed by atoms with Gasteiger partial charge in [0.2, 0.25) is 5.91 Å². The maximum absolute atomic E-state index is 12.2. The number of ether oxygens (including phenoxy) is 2. The van der Waals surface area contributed by atoms with E-state index < -0.39 is 0 Å². The molecule has 2 aromatic carbocycles. The normalized spacial score (nSPS) is 10.5. The van der Waals surface area contributed by atoms with Crippen molar-refractivity contribution in [1.29, 1.82) is 0 Å². The first-order valence-electron chi connectivity index (χ1n) is 9.48. The number of hydrogen-bond donors (Lipinski definition) is 1. The van der Waals surface area contributed by atoms with Crippen molar-refractivity contribution >= 4 is 23.2 Å². The van der Waals surface area contributed by atoms with Crippen LogP contribution in [0.25, 0.3) is 0 Å². The van der Waals surface area contributed by atoms with E-state index in [1.54, 1.807) is 6.07 Å². The van der Waals surface area contributed by atoms with E-state index in [9.17, 15) is 4.79 Å². The number of hydrogen-bond acceptors (Lipinski definition) is 3. The number of unbranched alkanes of at least 4 members (excludes halogenated alkanes) is 1. The predicted octanol–water partition coefficient (Wildman–Crippen LogP) is 5.80. The van der Waals surface area contributed by atoms with E-state index in [0.717, 1.165) is 35.5 Å². The minimum Gasteiger partial charge on any atom is -0.490 e. The third-order valence-electron chi connectivity index (χ3n) is 4.16. The van der Waals surface area contributed by atoms with Gasteiger partial charge in [-0.2, -0.15) is 0 Å². The quantitative estimate of drug-likeness (QED) is 0.522. The Morgan fingerprint density at radius 3 is 2.59 bits per heavy atom. The van der Waals surface area contributed by atoms with Crippen molar-refractivity contribution < 1.29 is 14.3 Å². The second-order valence-corrected chi connectivity index (χ2v) is 6.84. The average Bonchev–Trinajstić information content (AvgIpc) is 2.65. The summed E-state index contributed by atoms with van der Waals surface area (Å²) in [4.78, 5) is 12.2. The minimum absolute atomic E-state index is 0.0452. The summed E-state index contributed by atoms with van der Waals surface area (Å²) in [6.45, 7) is 7.26. The van der Waals surface area contributed by atoms with Crippen molar-refractivity contribution in [3.63, 3.8) is 0 Å². The van der Waals surface area contributed by atoms with Gasteiger partial charge in [-0.05, 0) is 62.1 Å². The Kier molecular flexibility index (Phi) is 8.46. The molecule has 0 unspecified atom stereocenters. The third-order valence-corrected chi connectivity index (χ3v) is 4.57. The third kappa shape index (κ3) is 6.79. The standard InChI is InChI=1S/C22H28ClNO3/c1-4-6-13-27-20-11-8-17(14-21(20)26-5-2)9-12-22(25)24-18-10-7-16(3)19(23)15-18/h7-8,10-11,14-15H,4-6,9,12-13H2,1-3H3,(H,24,25). The number of carbonyl (C=O) groups excluding carboxylic acids is 1. The Balaban J connectivity index is 1.94. The topological polar surface area (TPSA) is 47.6 Å². The van der Waals surface area contributed by atoms with Crippen molar-refractivity contribution in [2.45, 2.75) is 46.5 Å². The molecule has 0 bridgehead atoms. The van der Waals surface area contributed by atoms with Crippen LogP contribution < -0.4 is 14.8 Å². The van der Waals surface area contributed by atoms with Crippen LogP contribution in [0.2, 0.25) is 5.02 Å². The van der Waals surface area contributed by atoms with E-state index in [1.807, 2.05) is 44.2 Å². The lowest BCUT2D eigenvalue weighted by atomic mass is 10.1. The maximum atomic E-state index is 12.2. The first kappa shape index (κ1) is 21.1. The number of carbonyl (C=O) groups is 1. The van der Waals surface area contributed by atoms with E-state index in [1.165, 1.54) is 0 Å². The van der Waals surface area contributed by atoms with Crippen molar-refractivity contribution in [1.82, 2.24) is 0 Å². The van der Waals surface area contributed by atoms with E-state index in [-0.39, 0.29) is 5.91 Å². The minimum atomic E-state index is -0.0452. The highest BCUT2D eigenvalue weighted by Crippen LogP contribution is 2.29. The lowest BCUT2D eigenvalue weighted by Crippen LogP contribution is -2.12. The maximum Gasteiger partial charge on any atom is 0.224 e. The SMILES string of the molecule is CCCCOc1ccc(CCC(=O)Nc2ccc(C)c(Cl)c2)cc1OCC. The summed E-state index contributed by atoms with van der Waals surface area (Å²) in [5.41, 5.74) is 2.74. The van der Waals surface area contributed by atoms with Crippen LogP contribution in [0.3, 0.4) is 0 Å². The predicted molar refractivity (Wildman–Crippen MR) is 111 cm³/mol. The van der Waals surface area contributed by atoms with E-state index >= 15 is 0 Å². The molecule has 2 rings (SSSR count). The first-order chi connectivity index (χ1) is 13.0. The molecule has 0 aliphatic rings. The van der Waals surface area contributed by atoms with E-state index in [4.69, 9.17) is 21.1 Å². The molecule has 0 saturated carbocycles. The number of rotatable bonds is 10. The van der Waals surface area contributed by atoms with Gasteiger partial charge in [0.25, 0.3) is 0 Å². The molecule has 2 aromatic rings. The summed E-state index contributed by atoms with van der Waals surface area (Å²) in [6.07, 6.45) is 3.10. The van der Waals surface area contributed by atoms with Crippen LogP contribution in [0.5, 0.6) is 11.5 Å². The number of halogens is 1.